The molecule has 1 fully saturated rings. The topological polar surface area (TPSA) is 51.2 Å². The van der Waals surface area contributed by atoms with E-state index in [-0.39, 0.29) is 18.6 Å². The first-order valence-corrected chi connectivity index (χ1v) is 6.97. The van der Waals surface area contributed by atoms with Crippen molar-refractivity contribution in [2.24, 2.45) is 0 Å². The molecule has 1 aliphatic heterocycles. The molecule has 19 heavy (non-hydrogen) atoms. The number of nitrogens with zero attached hydrogens (tertiary/aromatic N) is 1. The summed E-state index contributed by atoms with van der Waals surface area (Å²) in [5, 5.41) is 3.82. The molecule has 1 saturated heterocycles. The minimum atomic E-state index is -0.0762. The Labute approximate surface area is 115 Å². The standard InChI is InChI=1S/C14H14N2O2S/c1-9-13(11-7-15-12(17)8-18-11)19-14(16-9)10-5-3-2-4-6-10/h2-6,11H,7-8H2,1H3,(H,15,17). The van der Waals surface area contributed by atoms with Crippen molar-refractivity contribution in [3.63, 3.8) is 0 Å². The van der Waals surface area contributed by atoms with E-state index in [9.17, 15) is 4.79 Å². The van der Waals surface area contributed by atoms with Gasteiger partial charge in [-0.2, -0.15) is 0 Å². The summed E-state index contributed by atoms with van der Waals surface area (Å²) in [6.07, 6.45) is -0.0762. The number of carbonyl (C=O) groups excluding carboxylic acids is 1. The molecule has 2 heterocycles. The quantitative estimate of drug-likeness (QED) is 0.914. The number of rotatable bonds is 2. The smallest absolute Gasteiger partial charge is 0.246 e. The average molecular weight is 274 g/mol. The molecule has 0 bridgehead atoms. The van der Waals surface area contributed by atoms with Crippen molar-refractivity contribution >= 4 is 17.2 Å². The Bertz CT molecular complexity index is 585. The molecule has 1 amide bonds. The summed E-state index contributed by atoms with van der Waals surface area (Å²) in [6.45, 7) is 2.64. The SMILES string of the molecule is Cc1nc(-c2ccccc2)sc1C1CNC(=O)CO1. The van der Waals surface area contributed by atoms with Crippen LogP contribution in [0.2, 0.25) is 0 Å². The van der Waals surface area contributed by atoms with Gasteiger partial charge in [-0.1, -0.05) is 30.3 Å². The van der Waals surface area contributed by atoms with Gasteiger partial charge in [0, 0.05) is 12.1 Å². The van der Waals surface area contributed by atoms with E-state index in [1.165, 1.54) is 0 Å². The Kier molecular flexibility index (Phi) is 3.31. The molecule has 1 aromatic carbocycles. The molecular weight excluding hydrogens is 260 g/mol. The molecule has 98 valence electrons. The molecule has 1 aliphatic rings. The van der Waals surface area contributed by atoms with E-state index in [2.05, 4.69) is 10.3 Å². The van der Waals surface area contributed by atoms with Gasteiger partial charge in [0.25, 0.3) is 0 Å². The van der Waals surface area contributed by atoms with Crippen molar-refractivity contribution in [3.05, 3.63) is 40.9 Å². The second-order valence-electron chi connectivity index (χ2n) is 4.44. The summed E-state index contributed by atoms with van der Waals surface area (Å²) in [4.78, 5) is 16.8. The zero-order chi connectivity index (χ0) is 13.2. The predicted octanol–water partition coefficient (Wildman–Crippen LogP) is 2.31. The molecule has 4 nitrogen and oxygen atoms in total. The predicted molar refractivity (Wildman–Crippen MR) is 74.0 cm³/mol. The molecule has 1 aromatic heterocycles. The van der Waals surface area contributed by atoms with Crippen LogP contribution in [0.15, 0.2) is 30.3 Å². The van der Waals surface area contributed by atoms with E-state index < -0.39 is 0 Å². The van der Waals surface area contributed by atoms with Crippen molar-refractivity contribution in [2.75, 3.05) is 13.2 Å². The normalized spacial score (nSPS) is 19.2. The molecule has 1 atom stereocenters. The second kappa shape index (κ2) is 5.11. The van der Waals surface area contributed by atoms with Crippen LogP contribution < -0.4 is 5.32 Å². The van der Waals surface area contributed by atoms with Crippen molar-refractivity contribution < 1.29 is 9.53 Å². The third-order valence-corrected chi connectivity index (χ3v) is 4.34. The van der Waals surface area contributed by atoms with E-state index in [1.54, 1.807) is 11.3 Å². The van der Waals surface area contributed by atoms with Gasteiger partial charge in [0.2, 0.25) is 5.91 Å². The Morgan fingerprint density at radius 1 is 1.37 bits per heavy atom. The van der Waals surface area contributed by atoms with Crippen molar-refractivity contribution in [2.45, 2.75) is 13.0 Å². The molecule has 0 saturated carbocycles. The summed E-state index contributed by atoms with van der Waals surface area (Å²) in [6, 6.07) is 10.1. The van der Waals surface area contributed by atoms with Gasteiger partial charge in [-0.25, -0.2) is 4.98 Å². The first-order chi connectivity index (χ1) is 9.24. The van der Waals surface area contributed by atoms with E-state index in [4.69, 9.17) is 4.74 Å². The van der Waals surface area contributed by atoms with Crippen molar-refractivity contribution in [1.82, 2.24) is 10.3 Å². The number of aryl methyl sites for hydroxylation is 1. The summed E-state index contributed by atoms with van der Waals surface area (Å²) in [5.74, 6) is -0.0540. The number of benzene rings is 1. The first-order valence-electron chi connectivity index (χ1n) is 6.15. The number of hydrogen-bond acceptors (Lipinski definition) is 4. The summed E-state index contributed by atoms with van der Waals surface area (Å²) < 4.78 is 5.56. The largest absolute Gasteiger partial charge is 0.361 e. The molecule has 0 radical (unpaired) electrons. The average Bonchev–Trinajstić information content (AvgIpc) is 2.83. The van der Waals surface area contributed by atoms with E-state index in [0.29, 0.717) is 6.54 Å². The highest BCUT2D eigenvalue weighted by Crippen LogP contribution is 2.33. The molecule has 0 spiro atoms. The lowest BCUT2D eigenvalue weighted by Crippen LogP contribution is -2.38. The Hall–Kier alpha value is -1.72. The van der Waals surface area contributed by atoms with Crippen LogP contribution in [0.25, 0.3) is 10.6 Å². The fourth-order valence-electron chi connectivity index (χ4n) is 2.07. The molecular formula is C14H14N2O2S. The summed E-state index contributed by atoms with van der Waals surface area (Å²) in [7, 11) is 0. The van der Waals surface area contributed by atoms with Crippen molar-refractivity contribution in [1.29, 1.82) is 0 Å². The molecule has 3 rings (SSSR count). The zero-order valence-corrected chi connectivity index (χ0v) is 11.4. The zero-order valence-electron chi connectivity index (χ0n) is 10.6. The van der Waals surface area contributed by atoms with Crippen LogP contribution in [0.1, 0.15) is 16.7 Å². The minimum Gasteiger partial charge on any atom is -0.361 e. The fourth-order valence-corrected chi connectivity index (χ4v) is 3.19. The monoisotopic (exact) mass is 274 g/mol. The number of morpholine rings is 1. The van der Waals surface area contributed by atoms with E-state index >= 15 is 0 Å². The molecule has 0 aliphatic carbocycles. The number of nitrogens with one attached hydrogen (secondary N) is 1. The molecule has 2 aromatic rings. The van der Waals surface area contributed by atoms with Gasteiger partial charge in [-0.3, -0.25) is 4.79 Å². The number of thiazole rings is 1. The van der Waals surface area contributed by atoms with Crippen LogP contribution in [0.4, 0.5) is 0 Å². The maximum absolute atomic E-state index is 11.1. The first kappa shape index (κ1) is 12.3. The number of ether oxygens (including phenoxy) is 1. The number of hydrogen-bond donors (Lipinski definition) is 1. The van der Waals surface area contributed by atoms with Crippen LogP contribution in [-0.4, -0.2) is 24.0 Å². The van der Waals surface area contributed by atoms with Gasteiger partial charge in [-0.15, -0.1) is 11.3 Å². The summed E-state index contributed by atoms with van der Waals surface area (Å²) >= 11 is 1.63. The number of amides is 1. The lowest BCUT2D eigenvalue weighted by molar-refractivity contribution is -0.133. The maximum Gasteiger partial charge on any atom is 0.246 e. The van der Waals surface area contributed by atoms with Gasteiger partial charge in [0.15, 0.2) is 0 Å². The summed E-state index contributed by atoms with van der Waals surface area (Å²) in [5.41, 5.74) is 2.09. The molecule has 1 unspecified atom stereocenters. The van der Waals surface area contributed by atoms with Gasteiger partial charge in [0.1, 0.15) is 17.7 Å². The lowest BCUT2D eigenvalue weighted by atomic mass is 10.2. The highest BCUT2D eigenvalue weighted by molar-refractivity contribution is 7.15. The van der Waals surface area contributed by atoms with Crippen LogP contribution >= 0.6 is 11.3 Å². The maximum atomic E-state index is 11.1. The van der Waals surface area contributed by atoms with Crippen LogP contribution in [-0.2, 0) is 9.53 Å². The third-order valence-electron chi connectivity index (χ3n) is 3.05. The van der Waals surface area contributed by atoms with Crippen molar-refractivity contribution in [3.8, 4) is 10.6 Å². The Morgan fingerprint density at radius 3 is 2.84 bits per heavy atom. The minimum absolute atomic E-state index is 0.0540. The van der Waals surface area contributed by atoms with E-state index in [1.807, 2.05) is 37.3 Å². The van der Waals surface area contributed by atoms with Gasteiger partial charge < -0.3 is 10.1 Å². The van der Waals surface area contributed by atoms with Crippen LogP contribution in [0.3, 0.4) is 0 Å². The Morgan fingerprint density at radius 2 is 2.16 bits per heavy atom. The molecule has 1 N–H and O–H groups in total. The highest BCUT2D eigenvalue weighted by atomic mass is 32.1. The van der Waals surface area contributed by atoms with Gasteiger partial charge in [-0.05, 0) is 6.92 Å². The van der Waals surface area contributed by atoms with E-state index in [0.717, 1.165) is 21.1 Å². The number of aromatic nitrogens is 1. The Balaban J connectivity index is 1.88. The highest BCUT2D eigenvalue weighted by Gasteiger charge is 2.24. The lowest BCUT2D eigenvalue weighted by Gasteiger charge is -2.22. The van der Waals surface area contributed by atoms with Crippen LogP contribution in [0.5, 0.6) is 0 Å². The fraction of sp³-hybridized carbons (Fsp3) is 0.286. The number of carbonyl (C=O) groups is 1. The van der Waals surface area contributed by atoms with Gasteiger partial charge in [0.05, 0.1) is 10.6 Å². The van der Waals surface area contributed by atoms with Gasteiger partial charge >= 0.3 is 0 Å². The third kappa shape index (κ3) is 2.52. The van der Waals surface area contributed by atoms with Crippen LogP contribution in [0, 0.1) is 6.92 Å². The second-order valence-corrected chi connectivity index (χ2v) is 5.47. The molecule has 5 heteroatoms.